The Bertz CT molecular complexity index is 617. The average Bonchev–Trinajstić information content (AvgIpc) is 2.95. The quantitative estimate of drug-likeness (QED) is 0.908. The molecule has 0 amide bonds. The van der Waals surface area contributed by atoms with Gasteiger partial charge in [-0.15, -0.1) is 0 Å². The third-order valence-corrected chi connectivity index (χ3v) is 4.15. The first-order valence-corrected chi connectivity index (χ1v) is 7.11. The summed E-state index contributed by atoms with van der Waals surface area (Å²) in [5.74, 6) is 1.74. The second kappa shape index (κ2) is 4.70. The van der Waals surface area contributed by atoms with E-state index >= 15 is 0 Å². The molecule has 20 heavy (non-hydrogen) atoms. The number of nitrogens with zero attached hydrogens (tertiary/aromatic N) is 4. The number of nitrogens with two attached hydrogens (primary N) is 1. The topological polar surface area (TPSA) is 82.8 Å². The molecule has 6 heteroatoms. The van der Waals surface area contributed by atoms with Crippen molar-refractivity contribution in [3.63, 3.8) is 0 Å². The highest BCUT2D eigenvalue weighted by Gasteiger charge is 2.37. The van der Waals surface area contributed by atoms with Gasteiger partial charge in [0, 0.05) is 13.2 Å². The van der Waals surface area contributed by atoms with Crippen molar-refractivity contribution >= 4 is 0 Å². The van der Waals surface area contributed by atoms with Gasteiger partial charge in [0.15, 0.2) is 5.82 Å². The lowest BCUT2D eigenvalue weighted by Gasteiger charge is -2.33. The Morgan fingerprint density at radius 1 is 1.50 bits per heavy atom. The van der Waals surface area contributed by atoms with Gasteiger partial charge in [-0.2, -0.15) is 10.1 Å². The molecular formula is C14H21N5O. The second-order valence-corrected chi connectivity index (χ2v) is 6.08. The summed E-state index contributed by atoms with van der Waals surface area (Å²) in [6.45, 7) is 4.16. The summed E-state index contributed by atoms with van der Waals surface area (Å²) in [6.07, 6.45) is 6.07. The molecule has 3 rings (SSSR count). The zero-order chi connectivity index (χ0) is 14.3. The molecule has 1 fully saturated rings. The first-order valence-electron chi connectivity index (χ1n) is 7.11. The van der Waals surface area contributed by atoms with Crippen LogP contribution in [-0.4, -0.2) is 19.9 Å². The third-order valence-electron chi connectivity index (χ3n) is 4.15. The normalized spacial score (nSPS) is 26.9. The highest BCUT2D eigenvalue weighted by molar-refractivity contribution is 5.54. The van der Waals surface area contributed by atoms with E-state index in [1.165, 1.54) is 6.42 Å². The van der Waals surface area contributed by atoms with Gasteiger partial charge in [0.1, 0.15) is 0 Å². The van der Waals surface area contributed by atoms with Gasteiger partial charge in [-0.05, 0) is 25.7 Å². The summed E-state index contributed by atoms with van der Waals surface area (Å²) in [5.41, 5.74) is 7.80. The summed E-state index contributed by atoms with van der Waals surface area (Å²) >= 11 is 0. The molecule has 6 nitrogen and oxygen atoms in total. The zero-order valence-corrected chi connectivity index (χ0v) is 12.3. The van der Waals surface area contributed by atoms with E-state index in [0.29, 0.717) is 17.6 Å². The van der Waals surface area contributed by atoms with Gasteiger partial charge in [0.25, 0.3) is 5.89 Å². The van der Waals surface area contributed by atoms with E-state index in [4.69, 9.17) is 10.3 Å². The summed E-state index contributed by atoms with van der Waals surface area (Å²) in [4.78, 5) is 4.53. The molecule has 0 aliphatic heterocycles. The minimum atomic E-state index is -0.449. The van der Waals surface area contributed by atoms with Crippen LogP contribution in [0.2, 0.25) is 0 Å². The van der Waals surface area contributed by atoms with Crippen molar-refractivity contribution in [2.45, 2.75) is 45.1 Å². The molecule has 2 aromatic rings. The molecule has 0 aromatic carbocycles. The fourth-order valence-corrected chi connectivity index (χ4v) is 3.14. The van der Waals surface area contributed by atoms with Crippen LogP contribution in [0, 0.1) is 12.8 Å². The fourth-order valence-electron chi connectivity index (χ4n) is 3.14. The summed E-state index contributed by atoms with van der Waals surface area (Å²) in [6, 6.07) is 0. The monoisotopic (exact) mass is 275 g/mol. The first kappa shape index (κ1) is 13.3. The largest absolute Gasteiger partial charge is 0.334 e. The van der Waals surface area contributed by atoms with E-state index in [0.717, 1.165) is 30.5 Å². The standard InChI is InChI=1S/C14H21N5O/c1-9-5-4-6-14(15,7-9)13-16-12(20-18-13)11-8-19(3)17-10(11)2/h8-9H,4-7,15H2,1-3H3. The number of rotatable bonds is 2. The minimum absolute atomic E-state index is 0.449. The van der Waals surface area contributed by atoms with Crippen LogP contribution in [0.4, 0.5) is 0 Å². The third kappa shape index (κ3) is 2.24. The molecule has 1 aliphatic carbocycles. The van der Waals surface area contributed by atoms with Crippen LogP contribution in [0.15, 0.2) is 10.7 Å². The van der Waals surface area contributed by atoms with E-state index in [-0.39, 0.29) is 0 Å². The van der Waals surface area contributed by atoms with Gasteiger partial charge >= 0.3 is 0 Å². The molecule has 2 unspecified atom stereocenters. The second-order valence-electron chi connectivity index (χ2n) is 6.08. The van der Waals surface area contributed by atoms with Crippen LogP contribution in [0.3, 0.4) is 0 Å². The number of aryl methyl sites for hydroxylation is 2. The van der Waals surface area contributed by atoms with Crippen molar-refractivity contribution in [1.82, 2.24) is 19.9 Å². The highest BCUT2D eigenvalue weighted by atomic mass is 16.5. The van der Waals surface area contributed by atoms with E-state index in [1.54, 1.807) is 4.68 Å². The molecule has 2 N–H and O–H groups in total. The van der Waals surface area contributed by atoms with Gasteiger partial charge < -0.3 is 10.3 Å². The maximum absolute atomic E-state index is 6.50. The van der Waals surface area contributed by atoms with Gasteiger partial charge in [0.05, 0.1) is 16.8 Å². The average molecular weight is 275 g/mol. The Labute approximate surface area is 118 Å². The van der Waals surface area contributed by atoms with Crippen LogP contribution in [0.1, 0.15) is 44.1 Å². The zero-order valence-electron chi connectivity index (χ0n) is 12.3. The molecule has 0 saturated heterocycles. The molecule has 2 atom stereocenters. The van der Waals surface area contributed by atoms with Crippen LogP contribution in [-0.2, 0) is 12.6 Å². The lowest BCUT2D eigenvalue weighted by molar-refractivity contribution is 0.222. The van der Waals surface area contributed by atoms with Crippen molar-refractivity contribution in [2.24, 2.45) is 18.7 Å². The maximum Gasteiger partial charge on any atom is 0.261 e. The van der Waals surface area contributed by atoms with Crippen LogP contribution < -0.4 is 5.73 Å². The van der Waals surface area contributed by atoms with Gasteiger partial charge in [0.2, 0.25) is 0 Å². The lowest BCUT2D eigenvalue weighted by Crippen LogP contribution is -2.42. The Morgan fingerprint density at radius 2 is 2.30 bits per heavy atom. The molecule has 0 spiro atoms. The van der Waals surface area contributed by atoms with E-state index < -0.39 is 5.54 Å². The molecule has 1 aliphatic rings. The first-order chi connectivity index (χ1) is 9.48. The number of aromatic nitrogens is 4. The van der Waals surface area contributed by atoms with E-state index in [2.05, 4.69) is 22.2 Å². The highest BCUT2D eigenvalue weighted by Crippen LogP contribution is 2.37. The predicted octanol–water partition coefficient (Wildman–Crippen LogP) is 2.14. The predicted molar refractivity (Wildman–Crippen MR) is 74.7 cm³/mol. The fraction of sp³-hybridized carbons (Fsp3) is 0.643. The molecule has 1 saturated carbocycles. The smallest absolute Gasteiger partial charge is 0.261 e. The van der Waals surface area contributed by atoms with Crippen molar-refractivity contribution in [1.29, 1.82) is 0 Å². The molecule has 0 bridgehead atoms. The molecular weight excluding hydrogens is 254 g/mol. The van der Waals surface area contributed by atoms with Crippen LogP contribution >= 0.6 is 0 Å². The molecule has 0 radical (unpaired) electrons. The summed E-state index contributed by atoms with van der Waals surface area (Å²) < 4.78 is 7.15. The van der Waals surface area contributed by atoms with Crippen molar-refractivity contribution < 1.29 is 4.52 Å². The number of hydrogen-bond acceptors (Lipinski definition) is 5. The number of hydrogen-bond donors (Lipinski definition) is 1. The van der Waals surface area contributed by atoms with Crippen LogP contribution in [0.25, 0.3) is 11.5 Å². The minimum Gasteiger partial charge on any atom is -0.334 e. The maximum atomic E-state index is 6.50. The Balaban J connectivity index is 1.92. The van der Waals surface area contributed by atoms with Crippen molar-refractivity contribution in [3.8, 4) is 11.5 Å². The molecule has 108 valence electrons. The molecule has 2 aromatic heterocycles. The summed E-state index contributed by atoms with van der Waals surface area (Å²) in [7, 11) is 1.88. The van der Waals surface area contributed by atoms with E-state index in [9.17, 15) is 0 Å². The van der Waals surface area contributed by atoms with Gasteiger partial charge in [-0.25, -0.2) is 0 Å². The van der Waals surface area contributed by atoms with Gasteiger partial charge in [-0.3, -0.25) is 4.68 Å². The lowest BCUT2D eigenvalue weighted by atomic mass is 9.76. The summed E-state index contributed by atoms with van der Waals surface area (Å²) in [5, 5.41) is 8.42. The molecule has 2 heterocycles. The van der Waals surface area contributed by atoms with Crippen molar-refractivity contribution in [3.05, 3.63) is 17.7 Å². The van der Waals surface area contributed by atoms with Gasteiger partial charge in [-0.1, -0.05) is 24.9 Å². The van der Waals surface area contributed by atoms with E-state index in [1.807, 2.05) is 20.2 Å². The Kier molecular flexibility index (Phi) is 3.12. The van der Waals surface area contributed by atoms with Crippen molar-refractivity contribution in [2.75, 3.05) is 0 Å². The Morgan fingerprint density at radius 3 is 2.95 bits per heavy atom. The SMILES string of the molecule is Cc1nn(C)cc1-c1nc(C2(N)CCCC(C)C2)no1. The van der Waals surface area contributed by atoms with Crippen LogP contribution in [0.5, 0.6) is 0 Å². The Hall–Kier alpha value is -1.69.